The van der Waals surface area contributed by atoms with Crippen molar-refractivity contribution in [2.24, 2.45) is 5.92 Å². The quantitative estimate of drug-likeness (QED) is 0.490. The summed E-state index contributed by atoms with van der Waals surface area (Å²) >= 11 is 0. The molecular formula is C12H23N. The molecule has 0 bridgehead atoms. The highest BCUT2D eigenvalue weighted by Gasteiger charge is 2.19. The molecule has 0 aromatic carbocycles. The van der Waals surface area contributed by atoms with Gasteiger partial charge in [-0.1, -0.05) is 25.5 Å². The first-order valence-corrected chi connectivity index (χ1v) is 5.64. The Labute approximate surface area is 82.6 Å². The normalized spacial score (nSPS) is 20.4. The number of rotatable bonds is 6. The molecule has 1 aliphatic carbocycles. The molecule has 0 heterocycles. The smallest absolute Gasteiger partial charge is 0.00683 e. The van der Waals surface area contributed by atoms with Crippen molar-refractivity contribution < 1.29 is 0 Å². The molecule has 1 unspecified atom stereocenters. The zero-order chi connectivity index (χ0) is 9.68. The third kappa shape index (κ3) is 4.47. The summed E-state index contributed by atoms with van der Waals surface area (Å²) in [5.41, 5.74) is 1.56. The first-order chi connectivity index (χ1) is 6.24. The van der Waals surface area contributed by atoms with Gasteiger partial charge in [0.15, 0.2) is 0 Å². The minimum atomic E-state index is 0.765. The molecule has 13 heavy (non-hydrogen) atoms. The predicted octanol–water partition coefficient (Wildman–Crippen LogP) is 3.12. The summed E-state index contributed by atoms with van der Waals surface area (Å²) in [5.74, 6) is 0.765. The highest BCUT2D eigenvalue weighted by molar-refractivity contribution is 5.02. The SMILES string of the molecule is CCC(C)C(C)=CCCNC1CC1. The summed E-state index contributed by atoms with van der Waals surface area (Å²) in [5, 5.41) is 3.52. The number of nitrogens with one attached hydrogen (secondary N) is 1. The standard InChI is InChI=1S/C12H23N/c1-4-10(2)11(3)6-5-9-13-12-7-8-12/h6,10,12-13H,4-5,7-9H2,1-3H3. The van der Waals surface area contributed by atoms with E-state index in [1.54, 1.807) is 5.57 Å². The maximum atomic E-state index is 3.52. The lowest BCUT2D eigenvalue weighted by Crippen LogP contribution is -2.16. The average Bonchev–Trinajstić information content (AvgIpc) is 2.94. The second-order valence-electron chi connectivity index (χ2n) is 4.27. The molecule has 1 atom stereocenters. The lowest BCUT2D eigenvalue weighted by Gasteiger charge is -2.08. The lowest BCUT2D eigenvalue weighted by atomic mass is 9.99. The van der Waals surface area contributed by atoms with Crippen molar-refractivity contribution in [2.45, 2.75) is 52.5 Å². The van der Waals surface area contributed by atoms with Crippen LogP contribution in [0.15, 0.2) is 11.6 Å². The van der Waals surface area contributed by atoms with Crippen molar-refractivity contribution in [1.29, 1.82) is 0 Å². The summed E-state index contributed by atoms with van der Waals surface area (Å²) in [6.45, 7) is 7.98. The van der Waals surface area contributed by atoms with E-state index in [2.05, 4.69) is 32.2 Å². The van der Waals surface area contributed by atoms with E-state index in [4.69, 9.17) is 0 Å². The molecule has 0 aromatic rings. The van der Waals surface area contributed by atoms with Crippen LogP contribution in [0.4, 0.5) is 0 Å². The van der Waals surface area contributed by atoms with E-state index in [9.17, 15) is 0 Å². The minimum Gasteiger partial charge on any atom is -0.314 e. The van der Waals surface area contributed by atoms with Crippen LogP contribution in [0.2, 0.25) is 0 Å². The predicted molar refractivity (Wildman–Crippen MR) is 58.9 cm³/mol. The zero-order valence-electron chi connectivity index (χ0n) is 9.27. The Morgan fingerprint density at radius 3 is 2.77 bits per heavy atom. The molecule has 0 saturated heterocycles. The Morgan fingerprint density at radius 1 is 1.54 bits per heavy atom. The van der Waals surface area contributed by atoms with Gasteiger partial charge in [-0.25, -0.2) is 0 Å². The maximum absolute atomic E-state index is 3.52. The van der Waals surface area contributed by atoms with Crippen LogP contribution in [0, 0.1) is 5.92 Å². The van der Waals surface area contributed by atoms with Gasteiger partial charge in [0.1, 0.15) is 0 Å². The van der Waals surface area contributed by atoms with Crippen LogP contribution in [-0.2, 0) is 0 Å². The molecule has 1 rings (SSSR count). The molecular weight excluding hydrogens is 158 g/mol. The van der Waals surface area contributed by atoms with Crippen LogP contribution in [0.1, 0.15) is 46.5 Å². The topological polar surface area (TPSA) is 12.0 Å². The van der Waals surface area contributed by atoms with Gasteiger partial charge in [0.2, 0.25) is 0 Å². The first-order valence-electron chi connectivity index (χ1n) is 5.64. The second kappa shape index (κ2) is 5.43. The third-order valence-electron chi connectivity index (χ3n) is 3.01. The van der Waals surface area contributed by atoms with Gasteiger partial charge in [0, 0.05) is 6.04 Å². The first kappa shape index (κ1) is 10.8. The van der Waals surface area contributed by atoms with Gasteiger partial charge in [-0.05, 0) is 45.1 Å². The van der Waals surface area contributed by atoms with E-state index in [1.807, 2.05) is 0 Å². The molecule has 0 radical (unpaired) electrons. The van der Waals surface area contributed by atoms with Gasteiger partial charge in [0.25, 0.3) is 0 Å². The highest BCUT2D eigenvalue weighted by Crippen LogP contribution is 2.18. The molecule has 0 aromatic heterocycles. The molecule has 1 N–H and O–H groups in total. The molecule has 1 fully saturated rings. The van der Waals surface area contributed by atoms with Gasteiger partial charge in [0.05, 0.1) is 0 Å². The molecule has 0 aliphatic heterocycles. The Balaban J connectivity index is 2.06. The molecule has 0 amide bonds. The molecule has 1 nitrogen and oxygen atoms in total. The Kier molecular flexibility index (Phi) is 4.51. The van der Waals surface area contributed by atoms with Crippen molar-refractivity contribution >= 4 is 0 Å². The van der Waals surface area contributed by atoms with Crippen LogP contribution < -0.4 is 5.32 Å². The van der Waals surface area contributed by atoms with Crippen LogP contribution >= 0.6 is 0 Å². The lowest BCUT2D eigenvalue weighted by molar-refractivity contribution is 0.642. The molecule has 1 heteroatoms. The summed E-state index contributed by atoms with van der Waals surface area (Å²) < 4.78 is 0. The Bertz CT molecular complexity index is 168. The number of hydrogen-bond acceptors (Lipinski definition) is 1. The molecule has 1 saturated carbocycles. The third-order valence-corrected chi connectivity index (χ3v) is 3.01. The van der Waals surface area contributed by atoms with E-state index in [0.29, 0.717) is 0 Å². The van der Waals surface area contributed by atoms with Gasteiger partial charge in [-0.2, -0.15) is 0 Å². The molecule has 1 aliphatic rings. The van der Waals surface area contributed by atoms with Crippen molar-refractivity contribution in [3.8, 4) is 0 Å². The minimum absolute atomic E-state index is 0.765. The van der Waals surface area contributed by atoms with Crippen LogP contribution in [0.25, 0.3) is 0 Å². The summed E-state index contributed by atoms with van der Waals surface area (Å²) in [6.07, 6.45) is 7.65. The fourth-order valence-electron chi connectivity index (χ4n) is 1.40. The summed E-state index contributed by atoms with van der Waals surface area (Å²) in [4.78, 5) is 0. The average molecular weight is 181 g/mol. The largest absolute Gasteiger partial charge is 0.314 e. The van der Waals surface area contributed by atoms with Crippen molar-refractivity contribution in [3.63, 3.8) is 0 Å². The van der Waals surface area contributed by atoms with Gasteiger partial charge in [-0.15, -0.1) is 0 Å². The van der Waals surface area contributed by atoms with E-state index in [-0.39, 0.29) is 0 Å². The van der Waals surface area contributed by atoms with Crippen LogP contribution in [-0.4, -0.2) is 12.6 Å². The van der Waals surface area contributed by atoms with Crippen LogP contribution in [0.3, 0.4) is 0 Å². The van der Waals surface area contributed by atoms with Crippen molar-refractivity contribution in [3.05, 3.63) is 11.6 Å². The molecule has 76 valence electrons. The fourth-order valence-corrected chi connectivity index (χ4v) is 1.40. The van der Waals surface area contributed by atoms with Gasteiger partial charge in [-0.3, -0.25) is 0 Å². The van der Waals surface area contributed by atoms with Crippen molar-refractivity contribution in [2.75, 3.05) is 6.54 Å². The second-order valence-corrected chi connectivity index (χ2v) is 4.27. The number of hydrogen-bond donors (Lipinski definition) is 1. The zero-order valence-corrected chi connectivity index (χ0v) is 9.27. The Morgan fingerprint density at radius 2 is 2.23 bits per heavy atom. The number of allylic oxidation sites excluding steroid dienone is 1. The van der Waals surface area contributed by atoms with Gasteiger partial charge >= 0.3 is 0 Å². The van der Waals surface area contributed by atoms with Crippen molar-refractivity contribution in [1.82, 2.24) is 5.32 Å². The summed E-state index contributed by atoms with van der Waals surface area (Å²) in [6, 6.07) is 0.859. The van der Waals surface area contributed by atoms with E-state index in [0.717, 1.165) is 12.0 Å². The van der Waals surface area contributed by atoms with E-state index in [1.165, 1.54) is 32.2 Å². The van der Waals surface area contributed by atoms with E-state index < -0.39 is 0 Å². The fraction of sp³-hybridized carbons (Fsp3) is 0.833. The summed E-state index contributed by atoms with van der Waals surface area (Å²) in [7, 11) is 0. The maximum Gasteiger partial charge on any atom is 0.00683 e. The monoisotopic (exact) mass is 181 g/mol. The highest BCUT2D eigenvalue weighted by atomic mass is 14.9. The van der Waals surface area contributed by atoms with Crippen LogP contribution in [0.5, 0.6) is 0 Å². The van der Waals surface area contributed by atoms with Gasteiger partial charge < -0.3 is 5.32 Å². The van der Waals surface area contributed by atoms with E-state index >= 15 is 0 Å². The Hall–Kier alpha value is -0.300. The molecule has 0 spiro atoms.